The molecule has 0 atom stereocenters. The van der Waals surface area contributed by atoms with E-state index < -0.39 is 0 Å². The molecule has 0 radical (unpaired) electrons. The zero-order valence-corrected chi connectivity index (χ0v) is 21.5. The van der Waals surface area contributed by atoms with Gasteiger partial charge in [0.05, 0.1) is 18.9 Å². The largest absolute Gasteiger partial charge is 0.491 e. The monoisotopic (exact) mass is 497 g/mol. The number of ether oxygens (including phenoxy) is 2. The molecule has 1 amide bonds. The summed E-state index contributed by atoms with van der Waals surface area (Å²) in [6.07, 6.45) is 4.08. The molecule has 0 saturated carbocycles. The number of nitrogens with zero attached hydrogens (tertiary/aromatic N) is 3. The molecule has 2 aromatic carbocycles. The van der Waals surface area contributed by atoms with Gasteiger partial charge in [0, 0.05) is 43.0 Å². The van der Waals surface area contributed by atoms with Crippen molar-refractivity contribution >= 4 is 5.91 Å². The van der Waals surface area contributed by atoms with Crippen molar-refractivity contribution in [2.45, 2.75) is 33.7 Å². The van der Waals surface area contributed by atoms with Gasteiger partial charge in [-0.05, 0) is 66.8 Å². The van der Waals surface area contributed by atoms with E-state index in [1.807, 2.05) is 37.8 Å². The van der Waals surface area contributed by atoms with Crippen LogP contribution in [0.2, 0.25) is 0 Å². The third-order valence-electron chi connectivity index (χ3n) is 6.67. The van der Waals surface area contributed by atoms with Gasteiger partial charge < -0.3 is 18.9 Å². The Labute approximate surface area is 217 Å². The smallest absolute Gasteiger partial charge is 0.254 e. The van der Waals surface area contributed by atoms with E-state index in [-0.39, 0.29) is 5.91 Å². The van der Waals surface area contributed by atoms with Crippen molar-refractivity contribution < 1.29 is 18.8 Å². The van der Waals surface area contributed by atoms with Gasteiger partial charge in [0.15, 0.2) is 0 Å². The van der Waals surface area contributed by atoms with E-state index in [1.54, 1.807) is 18.5 Å². The quantitative estimate of drug-likeness (QED) is 0.374. The predicted octanol–water partition coefficient (Wildman–Crippen LogP) is 5.30. The molecule has 3 heterocycles. The number of fused-ring (bicyclic) bond motifs is 3. The number of aryl methyl sites for hydroxylation is 3. The first kappa shape index (κ1) is 24.7. The molecule has 1 aliphatic rings. The summed E-state index contributed by atoms with van der Waals surface area (Å²) >= 11 is 0. The molecular formula is C30H31N3O4. The lowest BCUT2D eigenvalue weighted by Gasteiger charge is -2.24. The lowest BCUT2D eigenvalue weighted by atomic mass is 9.96. The van der Waals surface area contributed by atoms with Gasteiger partial charge in [-0.25, -0.2) is 0 Å². The molecule has 190 valence electrons. The highest BCUT2D eigenvalue weighted by Crippen LogP contribution is 2.32. The number of amides is 1. The van der Waals surface area contributed by atoms with Crippen LogP contribution in [0.25, 0.3) is 11.1 Å². The SMILES string of the molecule is Cc1cnccc1C(=O)N1CCOCCOc2ccc(-c3c(C)noc3C)cc2Cc2cccc(c2)C1. The summed E-state index contributed by atoms with van der Waals surface area (Å²) in [5, 5.41) is 4.12. The van der Waals surface area contributed by atoms with E-state index in [0.717, 1.165) is 50.6 Å². The van der Waals surface area contributed by atoms with Crippen LogP contribution in [-0.4, -0.2) is 47.3 Å². The molecule has 0 unspecified atom stereocenters. The minimum Gasteiger partial charge on any atom is -0.491 e. The Hall–Kier alpha value is -3.97. The van der Waals surface area contributed by atoms with Crippen LogP contribution < -0.4 is 4.74 Å². The fourth-order valence-electron chi connectivity index (χ4n) is 4.81. The van der Waals surface area contributed by atoms with Crippen molar-refractivity contribution in [1.82, 2.24) is 15.0 Å². The average molecular weight is 498 g/mol. The summed E-state index contributed by atoms with van der Waals surface area (Å²) in [6.45, 7) is 8.07. The third-order valence-corrected chi connectivity index (χ3v) is 6.67. The van der Waals surface area contributed by atoms with E-state index in [9.17, 15) is 4.79 Å². The van der Waals surface area contributed by atoms with Crippen molar-refractivity contribution in [2.24, 2.45) is 0 Å². The maximum Gasteiger partial charge on any atom is 0.254 e. The number of rotatable bonds is 2. The second kappa shape index (κ2) is 11.0. The van der Waals surface area contributed by atoms with Crippen LogP contribution in [0.3, 0.4) is 0 Å². The molecular weight excluding hydrogens is 466 g/mol. The predicted molar refractivity (Wildman–Crippen MR) is 141 cm³/mol. The lowest BCUT2D eigenvalue weighted by molar-refractivity contribution is 0.0570. The second-order valence-electron chi connectivity index (χ2n) is 9.40. The number of hydrogen-bond acceptors (Lipinski definition) is 6. The fraction of sp³-hybridized carbons (Fsp3) is 0.300. The lowest BCUT2D eigenvalue weighted by Crippen LogP contribution is -2.34. The maximum absolute atomic E-state index is 13.4. The normalized spacial score (nSPS) is 14.4. The summed E-state index contributed by atoms with van der Waals surface area (Å²) in [7, 11) is 0. The van der Waals surface area contributed by atoms with Gasteiger partial charge in [0.25, 0.3) is 5.91 Å². The highest BCUT2D eigenvalue weighted by molar-refractivity contribution is 5.95. The Morgan fingerprint density at radius 1 is 0.973 bits per heavy atom. The van der Waals surface area contributed by atoms with Crippen LogP contribution in [0.1, 0.15) is 44.1 Å². The van der Waals surface area contributed by atoms with Crippen LogP contribution >= 0.6 is 0 Å². The molecule has 0 fully saturated rings. The van der Waals surface area contributed by atoms with Crippen LogP contribution in [0.4, 0.5) is 0 Å². The Morgan fingerprint density at radius 2 is 1.84 bits per heavy atom. The number of hydrogen-bond donors (Lipinski definition) is 0. The molecule has 1 aliphatic heterocycles. The van der Waals surface area contributed by atoms with Gasteiger partial charge >= 0.3 is 0 Å². The number of carbonyl (C=O) groups excluding carboxylic acids is 1. The van der Waals surface area contributed by atoms with Crippen LogP contribution in [0.5, 0.6) is 5.75 Å². The third kappa shape index (κ3) is 5.57. The fourth-order valence-corrected chi connectivity index (χ4v) is 4.81. The molecule has 2 aromatic heterocycles. The molecule has 2 bridgehead atoms. The zero-order chi connectivity index (χ0) is 25.8. The van der Waals surface area contributed by atoms with E-state index in [2.05, 4.69) is 40.5 Å². The molecule has 37 heavy (non-hydrogen) atoms. The van der Waals surface area contributed by atoms with E-state index >= 15 is 0 Å². The number of benzene rings is 2. The Bertz CT molecular complexity index is 1390. The minimum atomic E-state index is -0.0216. The molecule has 7 heteroatoms. The number of aromatic nitrogens is 2. The Morgan fingerprint density at radius 3 is 2.65 bits per heavy atom. The van der Waals surface area contributed by atoms with Crippen molar-refractivity contribution in [3.63, 3.8) is 0 Å². The average Bonchev–Trinajstić information content (AvgIpc) is 3.23. The van der Waals surface area contributed by atoms with Gasteiger partial charge in [-0.15, -0.1) is 0 Å². The second-order valence-corrected chi connectivity index (χ2v) is 9.40. The molecule has 0 aliphatic carbocycles. The van der Waals surface area contributed by atoms with Crippen molar-refractivity contribution in [2.75, 3.05) is 26.4 Å². The highest BCUT2D eigenvalue weighted by atomic mass is 16.5. The van der Waals surface area contributed by atoms with Crippen molar-refractivity contribution in [3.05, 3.63) is 100 Å². The van der Waals surface area contributed by atoms with E-state index in [0.29, 0.717) is 44.9 Å². The topological polar surface area (TPSA) is 77.7 Å². The Kier molecular flexibility index (Phi) is 7.32. The summed E-state index contributed by atoms with van der Waals surface area (Å²) in [6, 6.07) is 16.4. The summed E-state index contributed by atoms with van der Waals surface area (Å²) in [4.78, 5) is 19.4. The molecule has 7 nitrogen and oxygen atoms in total. The molecule has 5 rings (SSSR count). The van der Waals surface area contributed by atoms with Gasteiger partial charge in [-0.2, -0.15) is 0 Å². The number of pyridine rings is 1. The van der Waals surface area contributed by atoms with Gasteiger partial charge in [-0.3, -0.25) is 9.78 Å². The van der Waals surface area contributed by atoms with Gasteiger partial charge in [-0.1, -0.05) is 35.5 Å². The van der Waals surface area contributed by atoms with E-state index in [4.69, 9.17) is 14.0 Å². The zero-order valence-electron chi connectivity index (χ0n) is 21.5. The van der Waals surface area contributed by atoms with Crippen LogP contribution in [0.15, 0.2) is 65.4 Å². The standard InChI is InChI=1S/C30H31N3O4/c1-20-18-31-10-9-27(20)30(34)33-11-12-35-13-14-36-28-8-7-25(29-21(2)32-37-22(29)3)17-26(28)16-23-5-4-6-24(15-23)19-33/h4-10,15,17-18H,11-14,16,19H2,1-3H3. The summed E-state index contributed by atoms with van der Waals surface area (Å²) < 4.78 is 17.4. The maximum atomic E-state index is 13.4. The molecule has 0 N–H and O–H groups in total. The highest BCUT2D eigenvalue weighted by Gasteiger charge is 2.19. The van der Waals surface area contributed by atoms with Crippen molar-refractivity contribution in [3.8, 4) is 16.9 Å². The first-order valence-electron chi connectivity index (χ1n) is 12.5. The molecule has 0 saturated heterocycles. The Balaban J connectivity index is 1.47. The first-order valence-corrected chi connectivity index (χ1v) is 12.5. The van der Waals surface area contributed by atoms with Crippen molar-refractivity contribution in [1.29, 1.82) is 0 Å². The van der Waals surface area contributed by atoms with Crippen LogP contribution in [0, 0.1) is 20.8 Å². The van der Waals surface area contributed by atoms with Gasteiger partial charge in [0.1, 0.15) is 18.1 Å². The van der Waals surface area contributed by atoms with Gasteiger partial charge in [0.2, 0.25) is 0 Å². The summed E-state index contributed by atoms with van der Waals surface area (Å²) in [5.74, 6) is 1.61. The number of carbonyl (C=O) groups is 1. The van der Waals surface area contributed by atoms with Crippen LogP contribution in [-0.2, 0) is 17.7 Å². The molecule has 0 spiro atoms. The first-order chi connectivity index (χ1) is 18.0. The summed E-state index contributed by atoms with van der Waals surface area (Å²) in [5.41, 5.74) is 7.75. The molecule has 4 aromatic rings. The minimum absolute atomic E-state index is 0.0216. The van der Waals surface area contributed by atoms with E-state index in [1.165, 1.54) is 0 Å².